The van der Waals surface area contributed by atoms with Crippen LogP contribution in [0.4, 0.5) is 0 Å². The molecule has 0 radical (unpaired) electrons. The van der Waals surface area contributed by atoms with Crippen molar-refractivity contribution in [1.29, 1.82) is 0 Å². The summed E-state index contributed by atoms with van der Waals surface area (Å²) in [5.41, 5.74) is 1.79. The third-order valence-electron chi connectivity index (χ3n) is 4.26. The summed E-state index contributed by atoms with van der Waals surface area (Å²) in [7, 11) is 1.60. The summed E-state index contributed by atoms with van der Waals surface area (Å²) >= 11 is 0. The molecule has 0 spiro atoms. The van der Waals surface area contributed by atoms with E-state index in [2.05, 4.69) is 9.97 Å². The minimum atomic E-state index is -0.427. The van der Waals surface area contributed by atoms with Crippen LogP contribution in [0.1, 0.15) is 23.5 Å². The van der Waals surface area contributed by atoms with E-state index in [0.717, 1.165) is 15.8 Å². The lowest BCUT2D eigenvalue weighted by atomic mass is 10.2. The third-order valence-corrected chi connectivity index (χ3v) is 4.26. The van der Waals surface area contributed by atoms with Crippen LogP contribution < -0.4 is 11.2 Å². The second-order valence-corrected chi connectivity index (χ2v) is 6.12. The van der Waals surface area contributed by atoms with Crippen LogP contribution in [-0.4, -0.2) is 35.4 Å². The van der Waals surface area contributed by atoms with Crippen LogP contribution >= 0.6 is 0 Å². The maximum Gasteiger partial charge on any atom is 0.332 e. The summed E-state index contributed by atoms with van der Waals surface area (Å²) in [6.45, 7) is 4.25. The first-order valence-corrected chi connectivity index (χ1v) is 8.13. The summed E-state index contributed by atoms with van der Waals surface area (Å²) in [5, 5.41) is 9.02. The largest absolute Gasteiger partial charge is 0.396 e. The Morgan fingerprint density at radius 2 is 1.92 bits per heavy atom. The van der Waals surface area contributed by atoms with E-state index in [1.165, 1.54) is 4.57 Å². The fourth-order valence-electron chi connectivity index (χ4n) is 2.85. The second-order valence-electron chi connectivity index (χ2n) is 6.12. The highest BCUT2D eigenvalue weighted by Gasteiger charge is 2.18. The molecule has 0 atom stereocenters. The highest BCUT2D eigenvalue weighted by molar-refractivity contribution is 5.71. The van der Waals surface area contributed by atoms with Crippen LogP contribution in [0.5, 0.6) is 0 Å². The van der Waals surface area contributed by atoms with Crippen molar-refractivity contribution in [1.82, 2.24) is 23.7 Å². The SMILES string of the molecule is Cc1ccc(Cn2c(C)nc3c2c(=O)n(CCCO)c(=O)n3C)nc1. The maximum absolute atomic E-state index is 12.9. The van der Waals surface area contributed by atoms with Gasteiger partial charge in [-0.05, 0) is 31.9 Å². The van der Waals surface area contributed by atoms with Gasteiger partial charge in [0.05, 0.1) is 12.2 Å². The number of aliphatic hydroxyl groups is 1. The van der Waals surface area contributed by atoms with Crippen LogP contribution in [0, 0.1) is 13.8 Å². The molecule has 0 saturated heterocycles. The molecule has 0 saturated carbocycles. The highest BCUT2D eigenvalue weighted by atomic mass is 16.3. The normalized spacial score (nSPS) is 11.4. The Morgan fingerprint density at radius 1 is 1.16 bits per heavy atom. The van der Waals surface area contributed by atoms with Crippen molar-refractivity contribution in [2.24, 2.45) is 7.05 Å². The summed E-state index contributed by atoms with van der Waals surface area (Å²) in [6.07, 6.45) is 2.12. The molecule has 3 rings (SSSR count). The Labute approximate surface area is 144 Å². The van der Waals surface area contributed by atoms with E-state index >= 15 is 0 Å². The van der Waals surface area contributed by atoms with Gasteiger partial charge in [-0.1, -0.05) is 6.07 Å². The molecule has 0 aliphatic heterocycles. The van der Waals surface area contributed by atoms with Crippen LogP contribution in [0.2, 0.25) is 0 Å². The molecular weight excluding hydrogens is 322 g/mol. The topological polar surface area (TPSA) is 94.9 Å². The quantitative estimate of drug-likeness (QED) is 0.721. The van der Waals surface area contributed by atoms with Gasteiger partial charge in [-0.15, -0.1) is 0 Å². The standard InChI is InChI=1S/C17H21N5O3/c1-11-5-6-13(18-9-11)10-22-12(2)19-15-14(22)16(24)21(7-4-8-23)17(25)20(15)3/h5-6,9,23H,4,7-8,10H2,1-3H3. The number of aryl methyl sites for hydroxylation is 3. The summed E-state index contributed by atoms with van der Waals surface area (Å²) < 4.78 is 4.31. The Balaban J connectivity index is 2.20. The summed E-state index contributed by atoms with van der Waals surface area (Å²) in [5.74, 6) is 0.643. The molecule has 3 aromatic heterocycles. The van der Waals surface area contributed by atoms with Crippen molar-refractivity contribution in [3.8, 4) is 0 Å². The molecule has 0 amide bonds. The first-order valence-electron chi connectivity index (χ1n) is 8.13. The number of imidazole rings is 1. The molecule has 3 aromatic rings. The van der Waals surface area contributed by atoms with Gasteiger partial charge < -0.3 is 9.67 Å². The first kappa shape index (κ1) is 17.1. The zero-order valence-corrected chi connectivity index (χ0v) is 14.6. The van der Waals surface area contributed by atoms with Crippen molar-refractivity contribution in [3.05, 3.63) is 56.2 Å². The zero-order chi connectivity index (χ0) is 18.1. The van der Waals surface area contributed by atoms with E-state index < -0.39 is 5.69 Å². The Morgan fingerprint density at radius 3 is 2.56 bits per heavy atom. The van der Waals surface area contributed by atoms with E-state index in [1.54, 1.807) is 24.7 Å². The number of nitrogens with zero attached hydrogens (tertiary/aromatic N) is 5. The summed E-state index contributed by atoms with van der Waals surface area (Å²) in [6, 6.07) is 3.87. The molecule has 0 aromatic carbocycles. The van der Waals surface area contributed by atoms with Gasteiger partial charge in [-0.2, -0.15) is 0 Å². The van der Waals surface area contributed by atoms with Gasteiger partial charge in [-0.25, -0.2) is 9.78 Å². The Hall–Kier alpha value is -2.74. The van der Waals surface area contributed by atoms with Crippen LogP contribution in [0.3, 0.4) is 0 Å². The van der Waals surface area contributed by atoms with Crippen LogP contribution in [0.15, 0.2) is 27.9 Å². The predicted molar refractivity (Wildman–Crippen MR) is 93.7 cm³/mol. The lowest BCUT2D eigenvalue weighted by molar-refractivity contribution is 0.277. The Kier molecular flexibility index (Phi) is 4.54. The summed E-state index contributed by atoms with van der Waals surface area (Å²) in [4.78, 5) is 34.1. The van der Waals surface area contributed by atoms with E-state index in [0.29, 0.717) is 30.0 Å². The fourth-order valence-corrected chi connectivity index (χ4v) is 2.85. The predicted octanol–water partition coefficient (Wildman–Crippen LogP) is 0.339. The maximum atomic E-state index is 12.9. The third kappa shape index (κ3) is 3.00. The lowest BCUT2D eigenvalue weighted by Gasteiger charge is -2.10. The smallest absolute Gasteiger partial charge is 0.332 e. The molecule has 1 N–H and O–H groups in total. The van der Waals surface area contributed by atoms with Crippen molar-refractivity contribution < 1.29 is 5.11 Å². The Bertz CT molecular complexity index is 1030. The molecule has 8 heteroatoms. The van der Waals surface area contributed by atoms with Gasteiger partial charge in [0.25, 0.3) is 5.56 Å². The van der Waals surface area contributed by atoms with Gasteiger partial charge >= 0.3 is 5.69 Å². The fraction of sp³-hybridized carbons (Fsp3) is 0.412. The lowest BCUT2D eigenvalue weighted by Crippen LogP contribution is -2.40. The van der Waals surface area contributed by atoms with E-state index in [1.807, 2.05) is 19.1 Å². The number of rotatable bonds is 5. The molecule has 3 heterocycles. The number of pyridine rings is 1. The van der Waals surface area contributed by atoms with Gasteiger partial charge in [-0.3, -0.25) is 18.9 Å². The van der Waals surface area contributed by atoms with Gasteiger partial charge in [0.1, 0.15) is 5.82 Å². The monoisotopic (exact) mass is 343 g/mol. The number of aliphatic hydroxyl groups excluding tert-OH is 1. The van der Waals surface area contributed by atoms with E-state index in [9.17, 15) is 9.59 Å². The number of fused-ring (bicyclic) bond motifs is 1. The van der Waals surface area contributed by atoms with Crippen LogP contribution in [-0.2, 0) is 20.1 Å². The molecule has 25 heavy (non-hydrogen) atoms. The molecule has 0 fully saturated rings. The second kappa shape index (κ2) is 6.64. The van der Waals surface area contributed by atoms with Crippen molar-refractivity contribution in [3.63, 3.8) is 0 Å². The zero-order valence-electron chi connectivity index (χ0n) is 14.6. The number of hydrogen-bond acceptors (Lipinski definition) is 5. The molecule has 132 valence electrons. The first-order chi connectivity index (χ1) is 11.9. The molecule has 0 bridgehead atoms. The van der Waals surface area contributed by atoms with Crippen molar-refractivity contribution in [2.45, 2.75) is 33.4 Å². The molecule has 8 nitrogen and oxygen atoms in total. The number of aromatic nitrogens is 5. The highest BCUT2D eigenvalue weighted by Crippen LogP contribution is 2.13. The molecule has 0 aliphatic carbocycles. The average Bonchev–Trinajstić information content (AvgIpc) is 2.92. The minimum Gasteiger partial charge on any atom is -0.396 e. The molecule has 0 aliphatic rings. The van der Waals surface area contributed by atoms with Gasteiger partial charge in [0.2, 0.25) is 0 Å². The molecular formula is C17H21N5O3. The van der Waals surface area contributed by atoms with Crippen molar-refractivity contribution >= 4 is 11.2 Å². The van der Waals surface area contributed by atoms with E-state index in [-0.39, 0.29) is 18.7 Å². The van der Waals surface area contributed by atoms with Gasteiger partial charge in [0.15, 0.2) is 11.2 Å². The molecule has 0 unspecified atom stereocenters. The van der Waals surface area contributed by atoms with Crippen LogP contribution in [0.25, 0.3) is 11.2 Å². The van der Waals surface area contributed by atoms with E-state index in [4.69, 9.17) is 5.11 Å². The van der Waals surface area contributed by atoms with Crippen molar-refractivity contribution in [2.75, 3.05) is 6.61 Å². The van der Waals surface area contributed by atoms with Gasteiger partial charge in [0, 0.05) is 26.4 Å². The average molecular weight is 343 g/mol. The number of hydrogen-bond donors (Lipinski definition) is 1. The minimum absolute atomic E-state index is 0.0841.